The average molecular weight is 461 g/mol. The van der Waals surface area contributed by atoms with Gasteiger partial charge < -0.3 is 5.32 Å². The first-order valence-corrected chi connectivity index (χ1v) is 12.3. The van der Waals surface area contributed by atoms with E-state index in [1.54, 1.807) is 36.0 Å². The van der Waals surface area contributed by atoms with E-state index in [4.69, 9.17) is 23.2 Å². The number of carbonyl (C=O) groups excluding carboxylic acids is 1. The molecule has 0 fully saturated rings. The van der Waals surface area contributed by atoms with Crippen molar-refractivity contribution in [1.82, 2.24) is 9.62 Å². The summed E-state index contributed by atoms with van der Waals surface area (Å²) in [6.45, 7) is 0.256. The molecule has 2 aromatic rings. The summed E-state index contributed by atoms with van der Waals surface area (Å²) in [6, 6.07) is 14.6. The molecule has 9 heteroatoms. The third-order valence-corrected chi connectivity index (χ3v) is 6.65. The molecule has 2 rings (SSSR count). The Balaban J connectivity index is 1.79. The van der Waals surface area contributed by atoms with Gasteiger partial charge >= 0.3 is 0 Å². The molecule has 28 heavy (non-hydrogen) atoms. The van der Waals surface area contributed by atoms with Crippen molar-refractivity contribution in [3.8, 4) is 0 Å². The van der Waals surface area contributed by atoms with E-state index in [0.29, 0.717) is 27.9 Å². The number of rotatable bonds is 10. The molecular weight excluding hydrogens is 439 g/mol. The largest absolute Gasteiger partial charge is 0.354 e. The fraction of sp³-hybridized carbons (Fsp3) is 0.316. The fourth-order valence-electron chi connectivity index (χ4n) is 2.40. The molecule has 0 bridgehead atoms. The van der Waals surface area contributed by atoms with Crippen LogP contribution in [-0.2, 0) is 27.1 Å². The minimum Gasteiger partial charge on any atom is -0.354 e. The predicted molar refractivity (Wildman–Crippen MR) is 117 cm³/mol. The molecule has 0 unspecified atom stereocenters. The van der Waals surface area contributed by atoms with Crippen LogP contribution in [0.3, 0.4) is 0 Å². The SMILES string of the molecule is CS(=O)(=O)N(CC(=O)NCCSCc1cccc(Cl)c1)Cc1ccccc1Cl. The van der Waals surface area contributed by atoms with Crippen molar-refractivity contribution in [2.45, 2.75) is 12.3 Å². The third kappa shape index (κ3) is 8.01. The normalized spacial score (nSPS) is 11.6. The second-order valence-electron chi connectivity index (χ2n) is 6.15. The molecule has 0 aromatic heterocycles. The Labute approximate surface area is 180 Å². The van der Waals surface area contributed by atoms with Gasteiger partial charge in [-0.2, -0.15) is 16.1 Å². The van der Waals surface area contributed by atoms with Gasteiger partial charge in [0.1, 0.15) is 0 Å². The van der Waals surface area contributed by atoms with Gasteiger partial charge in [-0.05, 0) is 29.3 Å². The molecule has 2 aromatic carbocycles. The number of benzene rings is 2. The van der Waals surface area contributed by atoms with Crippen LogP contribution < -0.4 is 5.32 Å². The zero-order valence-electron chi connectivity index (χ0n) is 15.4. The van der Waals surface area contributed by atoms with E-state index >= 15 is 0 Å². The molecule has 5 nitrogen and oxygen atoms in total. The molecule has 0 aliphatic rings. The van der Waals surface area contributed by atoms with E-state index in [1.165, 1.54) is 0 Å². The van der Waals surface area contributed by atoms with Crippen molar-refractivity contribution >= 4 is 50.9 Å². The highest BCUT2D eigenvalue weighted by atomic mass is 35.5. The molecule has 152 valence electrons. The second kappa shape index (κ2) is 11.1. The Hall–Kier alpha value is -1.25. The molecule has 0 heterocycles. The summed E-state index contributed by atoms with van der Waals surface area (Å²) in [6.07, 6.45) is 1.08. The highest BCUT2D eigenvalue weighted by Gasteiger charge is 2.21. The number of nitrogens with zero attached hydrogens (tertiary/aromatic N) is 1. The van der Waals surface area contributed by atoms with Crippen LogP contribution in [-0.4, -0.2) is 43.7 Å². The van der Waals surface area contributed by atoms with Crippen LogP contribution >= 0.6 is 35.0 Å². The standard InChI is InChI=1S/C19H22Cl2N2O3S2/c1-28(25,26)23(12-16-6-2-3-8-18(16)21)13-19(24)22-9-10-27-14-15-5-4-7-17(20)11-15/h2-8,11H,9-10,12-14H2,1H3,(H,22,24). The molecule has 0 aliphatic carbocycles. The smallest absolute Gasteiger partial charge is 0.235 e. The third-order valence-electron chi connectivity index (χ3n) is 3.82. The van der Waals surface area contributed by atoms with E-state index in [1.807, 2.05) is 24.3 Å². The minimum absolute atomic E-state index is 0.0510. The van der Waals surface area contributed by atoms with Crippen LogP contribution in [0.25, 0.3) is 0 Å². The topological polar surface area (TPSA) is 66.5 Å². The summed E-state index contributed by atoms with van der Waals surface area (Å²) in [5.41, 5.74) is 1.77. The van der Waals surface area contributed by atoms with Gasteiger partial charge in [-0.3, -0.25) is 4.79 Å². The number of halogens is 2. The number of sulfonamides is 1. The van der Waals surface area contributed by atoms with Crippen LogP contribution in [0, 0.1) is 0 Å². The van der Waals surface area contributed by atoms with Crippen LogP contribution in [0.4, 0.5) is 0 Å². The molecule has 0 spiro atoms. The number of nitrogens with one attached hydrogen (secondary N) is 1. The maximum absolute atomic E-state index is 12.2. The van der Waals surface area contributed by atoms with Gasteiger partial charge in [-0.25, -0.2) is 8.42 Å². The molecule has 0 aliphatic heterocycles. The number of hydrogen-bond acceptors (Lipinski definition) is 4. The molecule has 0 radical (unpaired) electrons. The maximum atomic E-state index is 12.2. The summed E-state index contributed by atoms with van der Waals surface area (Å²) < 4.78 is 25.2. The van der Waals surface area contributed by atoms with Crippen molar-refractivity contribution in [1.29, 1.82) is 0 Å². The first-order valence-electron chi connectivity index (χ1n) is 8.53. The van der Waals surface area contributed by atoms with Crippen LogP contribution in [0.5, 0.6) is 0 Å². The van der Waals surface area contributed by atoms with Gasteiger partial charge in [0.15, 0.2) is 0 Å². The van der Waals surface area contributed by atoms with E-state index < -0.39 is 10.0 Å². The number of amides is 1. The van der Waals surface area contributed by atoms with Gasteiger partial charge in [-0.1, -0.05) is 53.5 Å². The number of thioether (sulfide) groups is 1. The van der Waals surface area contributed by atoms with Crippen molar-refractivity contribution in [2.75, 3.05) is 25.1 Å². The van der Waals surface area contributed by atoms with Gasteiger partial charge in [0.05, 0.1) is 12.8 Å². The quantitative estimate of drug-likeness (QED) is 0.547. The average Bonchev–Trinajstić information content (AvgIpc) is 2.62. The molecule has 1 N–H and O–H groups in total. The molecule has 0 atom stereocenters. The lowest BCUT2D eigenvalue weighted by Crippen LogP contribution is -2.40. The fourth-order valence-corrected chi connectivity index (χ4v) is 4.34. The van der Waals surface area contributed by atoms with E-state index in [2.05, 4.69) is 5.32 Å². The Kier molecular flexibility index (Phi) is 9.11. The monoisotopic (exact) mass is 460 g/mol. The summed E-state index contributed by atoms with van der Waals surface area (Å²) in [5.74, 6) is 1.15. The molecule has 0 saturated heterocycles. The molecule has 0 saturated carbocycles. The van der Waals surface area contributed by atoms with E-state index in [-0.39, 0.29) is 19.0 Å². The highest BCUT2D eigenvalue weighted by Crippen LogP contribution is 2.18. The van der Waals surface area contributed by atoms with Gasteiger partial charge in [0.2, 0.25) is 15.9 Å². The first-order chi connectivity index (χ1) is 13.3. The highest BCUT2D eigenvalue weighted by molar-refractivity contribution is 7.98. The zero-order valence-corrected chi connectivity index (χ0v) is 18.5. The Morgan fingerprint density at radius 1 is 1.14 bits per heavy atom. The van der Waals surface area contributed by atoms with Crippen molar-refractivity contribution in [3.63, 3.8) is 0 Å². The van der Waals surface area contributed by atoms with E-state index in [0.717, 1.165) is 21.9 Å². The van der Waals surface area contributed by atoms with Crippen molar-refractivity contribution in [3.05, 3.63) is 69.7 Å². The Bertz CT molecular complexity index is 908. The summed E-state index contributed by atoms with van der Waals surface area (Å²) in [7, 11) is -3.55. The van der Waals surface area contributed by atoms with Crippen LogP contribution in [0.1, 0.15) is 11.1 Å². The lowest BCUT2D eigenvalue weighted by molar-refractivity contribution is -0.121. The Morgan fingerprint density at radius 2 is 1.89 bits per heavy atom. The second-order valence-corrected chi connectivity index (χ2v) is 10.1. The van der Waals surface area contributed by atoms with Crippen LogP contribution in [0.2, 0.25) is 10.0 Å². The minimum atomic E-state index is -3.55. The lowest BCUT2D eigenvalue weighted by atomic mass is 10.2. The van der Waals surface area contributed by atoms with Gasteiger partial charge in [0.25, 0.3) is 0 Å². The summed E-state index contributed by atoms with van der Waals surface area (Å²) in [4.78, 5) is 12.2. The van der Waals surface area contributed by atoms with Crippen LogP contribution in [0.15, 0.2) is 48.5 Å². The summed E-state index contributed by atoms with van der Waals surface area (Å²) in [5, 5.41) is 3.92. The number of carbonyl (C=O) groups is 1. The molecule has 1 amide bonds. The Morgan fingerprint density at radius 3 is 2.57 bits per heavy atom. The van der Waals surface area contributed by atoms with Gasteiger partial charge in [-0.15, -0.1) is 0 Å². The lowest BCUT2D eigenvalue weighted by Gasteiger charge is -2.20. The van der Waals surface area contributed by atoms with Crippen molar-refractivity contribution < 1.29 is 13.2 Å². The van der Waals surface area contributed by atoms with Gasteiger partial charge in [0, 0.05) is 34.6 Å². The molecular formula is C19H22Cl2N2O3S2. The first kappa shape index (κ1) is 23.0. The maximum Gasteiger partial charge on any atom is 0.235 e. The zero-order chi connectivity index (χ0) is 20.6. The number of hydrogen-bond donors (Lipinski definition) is 1. The predicted octanol–water partition coefficient (Wildman–Crippen LogP) is 3.80. The van der Waals surface area contributed by atoms with E-state index in [9.17, 15) is 13.2 Å². The summed E-state index contributed by atoms with van der Waals surface area (Å²) >= 11 is 13.7. The van der Waals surface area contributed by atoms with Crippen molar-refractivity contribution in [2.24, 2.45) is 0 Å².